The van der Waals surface area contributed by atoms with Crippen molar-refractivity contribution in [1.82, 2.24) is 19.9 Å². The van der Waals surface area contributed by atoms with Crippen molar-refractivity contribution < 1.29 is 29.0 Å². The summed E-state index contributed by atoms with van der Waals surface area (Å²) >= 11 is 0. The van der Waals surface area contributed by atoms with Crippen molar-refractivity contribution in [1.29, 1.82) is 0 Å². The van der Waals surface area contributed by atoms with Crippen LogP contribution in [0.2, 0.25) is 0 Å². The molecule has 4 aromatic rings. The molecule has 0 aliphatic carbocycles. The molecular formula is C37H44N4O6. The number of carboxylic acid groups (broad SMARTS) is 1. The second-order valence-corrected chi connectivity index (χ2v) is 12.9. The number of hydrogen-bond donors (Lipinski definition) is 2. The highest BCUT2D eigenvalue weighted by molar-refractivity contribution is 5.93. The molecule has 248 valence electrons. The van der Waals surface area contributed by atoms with Gasteiger partial charge in [-0.25, -0.2) is 20.1 Å². The summed E-state index contributed by atoms with van der Waals surface area (Å²) in [6, 6.07) is 21.0. The summed E-state index contributed by atoms with van der Waals surface area (Å²) in [5.74, 6) is 0.357. The van der Waals surface area contributed by atoms with Crippen molar-refractivity contribution in [3.63, 3.8) is 0 Å². The molecular weight excluding hydrogens is 596 g/mol. The van der Waals surface area contributed by atoms with Crippen LogP contribution in [0.25, 0.3) is 16.8 Å². The van der Waals surface area contributed by atoms with E-state index in [1.54, 1.807) is 24.7 Å². The third-order valence-electron chi connectivity index (χ3n) is 8.35. The van der Waals surface area contributed by atoms with Crippen LogP contribution in [0, 0.1) is 5.41 Å². The highest BCUT2D eigenvalue weighted by atomic mass is 16.8. The van der Waals surface area contributed by atoms with Crippen molar-refractivity contribution in [2.24, 2.45) is 5.41 Å². The first-order chi connectivity index (χ1) is 22.7. The van der Waals surface area contributed by atoms with Crippen LogP contribution in [0.1, 0.15) is 68.4 Å². The molecule has 2 amide bonds. The molecule has 1 aromatic heterocycles. The zero-order chi connectivity index (χ0) is 33.2. The number of fused-ring (bicyclic) bond motifs is 1. The van der Waals surface area contributed by atoms with Gasteiger partial charge >= 0.3 is 6.09 Å². The molecule has 0 saturated carbocycles. The Bertz CT molecular complexity index is 1630. The largest absolute Gasteiger partial charge is 0.489 e. The molecule has 47 heavy (non-hydrogen) atoms. The molecule has 2 unspecified atom stereocenters. The quantitative estimate of drug-likeness (QED) is 0.147. The zero-order valence-corrected chi connectivity index (χ0v) is 27.3. The maximum Gasteiger partial charge on any atom is 0.407 e. The van der Waals surface area contributed by atoms with Gasteiger partial charge in [0.25, 0.3) is 5.91 Å². The van der Waals surface area contributed by atoms with Gasteiger partial charge in [-0.3, -0.25) is 4.79 Å². The number of aromatic nitrogens is 2. The highest BCUT2D eigenvalue weighted by Crippen LogP contribution is 2.33. The molecule has 1 saturated heterocycles. The van der Waals surface area contributed by atoms with Crippen LogP contribution < -0.4 is 10.2 Å². The minimum atomic E-state index is -1.01. The molecule has 10 nitrogen and oxygen atoms in total. The Kier molecular flexibility index (Phi) is 11.3. The van der Waals surface area contributed by atoms with E-state index in [1.807, 2.05) is 71.4 Å². The number of ether oxygens (including phenoxy) is 2. The second-order valence-electron chi connectivity index (χ2n) is 12.9. The first-order valence-corrected chi connectivity index (χ1v) is 16.1. The summed E-state index contributed by atoms with van der Waals surface area (Å²) in [5.41, 5.74) is 4.40. The molecule has 1 fully saturated rings. The highest BCUT2D eigenvalue weighted by Gasteiger charge is 2.27. The fourth-order valence-electron chi connectivity index (χ4n) is 5.82. The first-order valence-electron chi connectivity index (χ1n) is 16.1. The number of benzene rings is 3. The van der Waals surface area contributed by atoms with E-state index < -0.39 is 12.4 Å². The Morgan fingerprint density at radius 1 is 1.11 bits per heavy atom. The molecule has 2 heterocycles. The summed E-state index contributed by atoms with van der Waals surface area (Å²) in [6.45, 7) is 7.71. The number of carbonyl (C=O) groups excluding carboxylic acids is 1. The smallest absolute Gasteiger partial charge is 0.407 e. The molecule has 2 N–H and O–H groups in total. The van der Waals surface area contributed by atoms with E-state index in [9.17, 15) is 14.7 Å². The predicted molar refractivity (Wildman–Crippen MR) is 181 cm³/mol. The van der Waals surface area contributed by atoms with Gasteiger partial charge in [0, 0.05) is 55.5 Å². The summed E-state index contributed by atoms with van der Waals surface area (Å²) in [4.78, 5) is 36.3. The van der Waals surface area contributed by atoms with Gasteiger partial charge in [0.15, 0.2) is 6.29 Å². The zero-order valence-electron chi connectivity index (χ0n) is 27.3. The van der Waals surface area contributed by atoms with E-state index in [2.05, 4.69) is 31.2 Å². The van der Waals surface area contributed by atoms with Crippen LogP contribution in [0.15, 0.2) is 91.0 Å². The maximum atomic E-state index is 12.7. The van der Waals surface area contributed by atoms with E-state index in [0.29, 0.717) is 25.1 Å². The topological polar surface area (TPSA) is 115 Å². The number of nitrogens with one attached hydrogen (secondary N) is 1. The second kappa shape index (κ2) is 15.8. The minimum absolute atomic E-state index is 0.0542. The van der Waals surface area contributed by atoms with Crippen molar-refractivity contribution in [3.05, 3.63) is 102 Å². The van der Waals surface area contributed by atoms with Crippen molar-refractivity contribution in [2.45, 2.75) is 58.8 Å². The third-order valence-corrected chi connectivity index (χ3v) is 8.35. The fourth-order valence-corrected chi connectivity index (χ4v) is 5.82. The minimum Gasteiger partial charge on any atom is -0.489 e. The van der Waals surface area contributed by atoms with E-state index in [0.717, 1.165) is 46.9 Å². The number of carbonyl (C=O) groups is 2. The lowest BCUT2D eigenvalue weighted by Gasteiger charge is -2.33. The van der Waals surface area contributed by atoms with Crippen molar-refractivity contribution in [2.75, 3.05) is 26.3 Å². The van der Waals surface area contributed by atoms with Gasteiger partial charge in [0.1, 0.15) is 12.4 Å². The molecule has 1 aliphatic rings. The SMILES string of the molecule is CC(C)(C)C(CCN(CC(=Cc1ccc(C(=O)NOC2CCCCO2)cc1)COc1cccc2ccccc12)C(=O)O)n1ccnc1. The van der Waals surface area contributed by atoms with Gasteiger partial charge in [-0.1, -0.05) is 75.4 Å². The van der Waals surface area contributed by atoms with Gasteiger partial charge in [-0.05, 0) is 59.4 Å². The Morgan fingerprint density at radius 3 is 2.60 bits per heavy atom. The van der Waals surface area contributed by atoms with Gasteiger partial charge in [-0.15, -0.1) is 0 Å². The Morgan fingerprint density at radius 2 is 1.89 bits per heavy atom. The average Bonchev–Trinajstić information content (AvgIpc) is 3.60. The Balaban J connectivity index is 1.33. The monoisotopic (exact) mass is 640 g/mol. The number of hydrogen-bond acceptors (Lipinski definition) is 6. The van der Waals surface area contributed by atoms with Crippen LogP contribution in [-0.2, 0) is 9.57 Å². The van der Waals surface area contributed by atoms with Crippen LogP contribution in [0.3, 0.4) is 0 Å². The van der Waals surface area contributed by atoms with E-state index in [-0.39, 0.29) is 30.5 Å². The number of hydroxylamine groups is 1. The molecule has 2 atom stereocenters. The molecule has 0 bridgehead atoms. The van der Waals surface area contributed by atoms with Crippen LogP contribution >= 0.6 is 0 Å². The molecule has 3 aromatic carbocycles. The summed E-state index contributed by atoms with van der Waals surface area (Å²) < 4.78 is 13.9. The lowest BCUT2D eigenvalue weighted by atomic mass is 9.84. The lowest BCUT2D eigenvalue weighted by Crippen LogP contribution is -2.36. The van der Waals surface area contributed by atoms with Crippen molar-refractivity contribution in [3.8, 4) is 5.75 Å². The van der Waals surface area contributed by atoms with E-state index >= 15 is 0 Å². The number of rotatable bonds is 13. The molecule has 1 aliphatic heterocycles. The molecule has 10 heteroatoms. The molecule has 0 spiro atoms. The van der Waals surface area contributed by atoms with Gasteiger partial charge < -0.3 is 24.0 Å². The molecule has 0 radical (unpaired) electrons. The van der Waals surface area contributed by atoms with Gasteiger partial charge in [0.05, 0.1) is 6.33 Å². The summed E-state index contributed by atoms with van der Waals surface area (Å²) in [7, 11) is 0. The van der Waals surface area contributed by atoms with E-state index in [4.69, 9.17) is 14.3 Å². The number of nitrogens with zero attached hydrogens (tertiary/aromatic N) is 3. The first kappa shape index (κ1) is 33.7. The van der Waals surface area contributed by atoms with Crippen LogP contribution in [-0.4, -0.2) is 64.2 Å². The Hall–Kier alpha value is -4.67. The lowest BCUT2D eigenvalue weighted by molar-refractivity contribution is -0.186. The Labute approximate surface area is 275 Å². The number of amides is 2. The van der Waals surface area contributed by atoms with E-state index in [1.165, 1.54) is 4.90 Å². The maximum absolute atomic E-state index is 12.7. The molecule has 5 rings (SSSR count). The normalized spacial score (nSPS) is 16.1. The van der Waals surface area contributed by atoms with Crippen molar-refractivity contribution >= 4 is 28.8 Å². The summed E-state index contributed by atoms with van der Waals surface area (Å²) in [5, 5.41) is 12.3. The predicted octanol–water partition coefficient (Wildman–Crippen LogP) is 7.34. The van der Waals surface area contributed by atoms with Gasteiger partial charge in [0.2, 0.25) is 0 Å². The van der Waals surface area contributed by atoms with Gasteiger partial charge in [-0.2, -0.15) is 0 Å². The summed E-state index contributed by atoms with van der Waals surface area (Å²) in [6.07, 6.45) is 9.26. The van der Waals surface area contributed by atoms with Crippen LogP contribution in [0.4, 0.5) is 4.79 Å². The average molecular weight is 641 g/mol. The fraction of sp³-hybridized carbons (Fsp3) is 0.378. The number of imidazole rings is 1. The standard InChI is InChI=1S/C37H44N4O6/c1-37(2,3)33(41-21-19-38-26-41)18-20-40(36(43)44)24-28(25-46-32-12-8-10-29-9-4-5-11-31(29)32)23-27-14-16-30(17-15-27)35(42)39-47-34-13-6-7-22-45-34/h4-5,8-12,14-17,19,21,23,26,33-34H,6-7,13,18,20,22,24-25H2,1-3H3,(H,39,42)(H,43,44). The van der Waals surface area contributed by atoms with Crippen LogP contribution in [0.5, 0.6) is 5.75 Å². The third kappa shape index (κ3) is 9.43.